The second kappa shape index (κ2) is 8.47. The van der Waals surface area contributed by atoms with Crippen LogP contribution in [0.15, 0.2) is 60.7 Å². The zero-order valence-corrected chi connectivity index (χ0v) is 19.1. The first kappa shape index (κ1) is 21.4. The molecule has 0 spiro atoms. The molecule has 3 heterocycles. The second-order valence-electron chi connectivity index (χ2n) is 8.49. The Kier molecular flexibility index (Phi) is 5.49. The summed E-state index contributed by atoms with van der Waals surface area (Å²) >= 11 is 0. The standard InChI is InChI=1S/C24H25N5O3S/c1-17-13-23(29(27-17)19-11-12-33(31,32)16-19)26-24(30)15-28-21-10-6-5-9-20(21)25-22(28)14-18-7-3-2-4-8-18/h2-10,13,19H,11-12,14-16H2,1H3,(H,26,30)/t19-/m0/s1. The van der Waals surface area contributed by atoms with E-state index in [0.29, 0.717) is 18.7 Å². The Morgan fingerprint density at radius 2 is 1.88 bits per heavy atom. The van der Waals surface area contributed by atoms with Crippen LogP contribution in [0.4, 0.5) is 5.82 Å². The van der Waals surface area contributed by atoms with E-state index in [1.165, 1.54) is 0 Å². The number of imidazole rings is 1. The largest absolute Gasteiger partial charge is 0.318 e. The molecule has 170 valence electrons. The highest BCUT2D eigenvalue weighted by Gasteiger charge is 2.31. The lowest BCUT2D eigenvalue weighted by Crippen LogP contribution is -2.23. The van der Waals surface area contributed by atoms with Crippen molar-refractivity contribution in [2.24, 2.45) is 0 Å². The number of aryl methyl sites for hydroxylation is 1. The Morgan fingerprint density at radius 3 is 2.64 bits per heavy atom. The number of amides is 1. The van der Waals surface area contributed by atoms with E-state index in [4.69, 9.17) is 4.98 Å². The first-order chi connectivity index (χ1) is 15.9. The smallest absolute Gasteiger partial charge is 0.245 e. The van der Waals surface area contributed by atoms with E-state index in [1.807, 2.05) is 66.1 Å². The highest BCUT2D eigenvalue weighted by Crippen LogP contribution is 2.27. The van der Waals surface area contributed by atoms with E-state index in [1.54, 1.807) is 10.7 Å². The molecule has 1 atom stereocenters. The summed E-state index contributed by atoms with van der Waals surface area (Å²) in [6.07, 6.45) is 1.11. The summed E-state index contributed by atoms with van der Waals surface area (Å²) in [5, 5.41) is 7.40. The average molecular weight is 464 g/mol. The van der Waals surface area contributed by atoms with Gasteiger partial charge in [0, 0.05) is 12.5 Å². The number of rotatable bonds is 6. The molecule has 0 unspecified atom stereocenters. The van der Waals surface area contributed by atoms with Crippen molar-refractivity contribution < 1.29 is 13.2 Å². The van der Waals surface area contributed by atoms with Crippen LogP contribution in [0.5, 0.6) is 0 Å². The van der Waals surface area contributed by atoms with Gasteiger partial charge in [-0.3, -0.25) is 4.79 Å². The van der Waals surface area contributed by atoms with Crippen molar-refractivity contribution in [3.05, 3.63) is 77.7 Å². The maximum Gasteiger partial charge on any atom is 0.245 e. The van der Waals surface area contributed by atoms with Gasteiger partial charge in [-0.2, -0.15) is 5.10 Å². The molecule has 1 saturated heterocycles. The van der Waals surface area contributed by atoms with Crippen LogP contribution < -0.4 is 5.32 Å². The van der Waals surface area contributed by atoms with Crippen LogP contribution in [0.1, 0.15) is 29.5 Å². The Balaban J connectivity index is 1.41. The van der Waals surface area contributed by atoms with Gasteiger partial charge in [0.1, 0.15) is 18.2 Å². The summed E-state index contributed by atoms with van der Waals surface area (Å²) in [6, 6.07) is 19.3. The van der Waals surface area contributed by atoms with Gasteiger partial charge in [0.2, 0.25) is 5.91 Å². The van der Waals surface area contributed by atoms with Crippen LogP contribution in [0.25, 0.3) is 11.0 Å². The molecule has 5 rings (SSSR count). The van der Waals surface area contributed by atoms with Crippen molar-refractivity contribution in [2.45, 2.75) is 32.4 Å². The van der Waals surface area contributed by atoms with Gasteiger partial charge in [0.15, 0.2) is 9.84 Å². The fraction of sp³-hybridized carbons (Fsp3) is 0.292. The van der Waals surface area contributed by atoms with Gasteiger partial charge in [-0.1, -0.05) is 42.5 Å². The zero-order valence-electron chi connectivity index (χ0n) is 18.3. The van der Waals surface area contributed by atoms with Crippen LogP contribution in [0, 0.1) is 6.92 Å². The van der Waals surface area contributed by atoms with E-state index in [0.717, 1.165) is 28.1 Å². The third-order valence-electron chi connectivity index (χ3n) is 5.92. The molecular formula is C24H25N5O3S. The van der Waals surface area contributed by atoms with Crippen molar-refractivity contribution >= 4 is 32.6 Å². The van der Waals surface area contributed by atoms with Gasteiger partial charge >= 0.3 is 0 Å². The molecule has 1 aliphatic rings. The van der Waals surface area contributed by atoms with Crippen molar-refractivity contribution in [3.8, 4) is 0 Å². The summed E-state index contributed by atoms with van der Waals surface area (Å²) in [6.45, 7) is 1.92. The Bertz CT molecular complexity index is 1420. The summed E-state index contributed by atoms with van der Waals surface area (Å²) < 4.78 is 27.5. The predicted octanol–water partition coefficient (Wildman–Crippen LogP) is 3.13. The summed E-state index contributed by atoms with van der Waals surface area (Å²) in [5.74, 6) is 1.31. The Labute approximate surface area is 192 Å². The van der Waals surface area contributed by atoms with E-state index >= 15 is 0 Å². The molecule has 33 heavy (non-hydrogen) atoms. The molecule has 1 aliphatic heterocycles. The van der Waals surface area contributed by atoms with E-state index in [9.17, 15) is 13.2 Å². The fourth-order valence-corrected chi connectivity index (χ4v) is 6.09. The van der Waals surface area contributed by atoms with Gasteiger partial charge in [0.25, 0.3) is 0 Å². The molecule has 1 fully saturated rings. The third-order valence-corrected chi connectivity index (χ3v) is 7.67. The number of para-hydroxylation sites is 2. The van der Waals surface area contributed by atoms with Gasteiger partial charge in [-0.25, -0.2) is 18.1 Å². The maximum absolute atomic E-state index is 13.1. The third kappa shape index (κ3) is 4.54. The molecule has 1 amide bonds. The molecule has 0 saturated carbocycles. The summed E-state index contributed by atoms with van der Waals surface area (Å²) in [5.41, 5.74) is 3.58. The number of hydrogen-bond donors (Lipinski definition) is 1. The highest BCUT2D eigenvalue weighted by atomic mass is 32.2. The van der Waals surface area contributed by atoms with Gasteiger partial charge in [0.05, 0.1) is 34.3 Å². The topological polar surface area (TPSA) is 98.9 Å². The lowest BCUT2D eigenvalue weighted by atomic mass is 10.1. The molecule has 0 radical (unpaired) electrons. The second-order valence-corrected chi connectivity index (χ2v) is 10.7. The summed E-state index contributed by atoms with van der Waals surface area (Å²) in [4.78, 5) is 17.9. The molecule has 0 bridgehead atoms. The van der Waals surface area contributed by atoms with Crippen LogP contribution in [0.3, 0.4) is 0 Å². The molecule has 2 aromatic heterocycles. The lowest BCUT2D eigenvalue weighted by molar-refractivity contribution is -0.116. The van der Waals surface area contributed by atoms with Gasteiger partial charge in [-0.05, 0) is 31.0 Å². The van der Waals surface area contributed by atoms with Crippen molar-refractivity contribution in [2.75, 3.05) is 16.8 Å². The first-order valence-corrected chi connectivity index (χ1v) is 12.7. The Hall–Kier alpha value is -3.46. The monoisotopic (exact) mass is 463 g/mol. The number of anilines is 1. The first-order valence-electron chi connectivity index (χ1n) is 10.9. The van der Waals surface area contributed by atoms with Crippen LogP contribution in [-0.2, 0) is 27.6 Å². The number of fused-ring (bicyclic) bond motifs is 1. The maximum atomic E-state index is 13.1. The van der Waals surface area contributed by atoms with Crippen molar-refractivity contribution in [3.63, 3.8) is 0 Å². The van der Waals surface area contributed by atoms with Crippen molar-refractivity contribution in [1.29, 1.82) is 0 Å². The van der Waals surface area contributed by atoms with Crippen molar-refractivity contribution in [1.82, 2.24) is 19.3 Å². The Morgan fingerprint density at radius 1 is 1.12 bits per heavy atom. The number of aromatic nitrogens is 4. The van der Waals surface area contributed by atoms with Crippen LogP contribution in [-0.4, -0.2) is 45.2 Å². The number of carbonyl (C=O) groups excluding carboxylic acids is 1. The molecule has 1 N–H and O–H groups in total. The normalized spacial score (nSPS) is 17.4. The molecule has 0 aliphatic carbocycles. The minimum atomic E-state index is -3.07. The fourth-order valence-electron chi connectivity index (χ4n) is 4.40. The van der Waals surface area contributed by atoms with Crippen LogP contribution in [0.2, 0.25) is 0 Å². The molecule has 8 nitrogen and oxygen atoms in total. The molecule has 9 heteroatoms. The minimum absolute atomic E-state index is 0.0460. The number of nitrogens with zero attached hydrogens (tertiary/aromatic N) is 4. The van der Waals surface area contributed by atoms with E-state index < -0.39 is 9.84 Å². The van der Waals surface area contributed by atoms with E-state index in [2.05, 4.69) is 10.4 Å². The quantitative estimate of drug-likeness (QED) is 0.474. The number of carbonyl (C=O) groups is 1. The number of nitrogens with one attached hydrogen (secondary N) is 1. The number of hydrogen-bond acceptors (Lipinski definition) is 5. The van der Waals surface area contributed by atoms with E-state index in [-0.39, 0.29) is 30.0 Å². The SMILES string of the molecule is Cc1cc(NC(=O)Cn2c(Cc3ccccc3)nc3ccccc32)n([C@H]2CCS(=O)(=O)C2)n1. The summed E-state index contributed by atoms with van der Waals surface area (Å²) in [7, 11) is -3.07. The predicted molar refractivity (Wildman–Crippen MR) is 127 cm³/mol. The highest BCUT2D eigenvalue weighted by molar-refractivity contribution is 7.91. The number of benzene rings is 2. The molecular weight excluding hydrogens is 438 g/mol. The average Bonchev–Trinajstić information content (AvgIpc) is 3.44. The molecule has 2 aromatic carbocycles. The molecule has 4 aromatic rings. The zero-order chi connectivity index (χ0) is 23.0. The van der Waals surface area contributed by atoms with Gasteiger partial charge < -0.3 is 9.88 Å². The number of sulfone groups is 1. The van der Waals surface area contributed by atoms with Gasteiger partial charge in [-0.15, -0.1) is 0 Å². The lowest BCUT2D eigenvalue weighted by Gasteiger charge is -2.15. The van der Waals surface area contributed by atoms with Crippen LogP contribution >= 0.6 is 0 Å². The minimum Gasteiger partial charge on any atom is -0.318 e.